The van der Waals surface area contributed by atoms with Gasteiger partial charge in [-0.2, -0.15) is 18.3 Å². The van der Waals surface area contributed by atoms with Gasteiger partial charge in [0, 0.05) is 12.0 Å². The summed E-state index contributed by atoms with van der Waals surface area (Å²) in [5.74, 6) is -1.39. The molecule has 0 bridgehead atoms. The third-order valence-corrected chi connectivity index (χ3v) is 4.54. The first-order valence-electron chi connectivity index (χ1n) is 8.52. The minimum Gasteiger partial charge on any atom is -0.493 e. The van der Waals surface area contributed by atoms with E-state index in [9.17, 15) is 18.0 Å². The molecule has 0 unspecified atom stereocenters. The summed E-state index contributed by atoms with van der Waals surface area (Å²) < 4.78 is 50.1. The van der Waals surface area contributed by atoms with Crippen LogP contribution in [0.15, 0.2) is 47.6 Å². The van der Waals surface area contributed by atoms with E-state index in [4.69, 9.17) is 9.47 Å². The zero-order valence-corrected chi connectivity index (χ0v) is 15.6. The largest absolute Gasteiger partial charge is 0.493 e. The van der Waals surface area contributed by atoms with E-state index in [2.05, 4.69) is 5.10 Å². The van der Waals surface area contributed by atoms with E-state index >= 15 is 0 Å². The van der Waals surface area contributed by atoms with Crippen molar-refractivity contribution in [3.63, 3.8) is 0 Å². The van der Waals surface area contributed by atoms with Gasteiger partial charge >= 0.3 is 12.1 Å². The van der Waals surface area contributed by atoms with Crippen molar-refractivity contribution in [2.75, 3.05) is 14.2 Å². The number of nitrogens with zero attached hydrogens (tertiary/aromatic N) is 2. The lowest BCUT2D eigenvalue weighted by molar-refractivity contribution is -0.187. The average molecular weight is 392 g/mol. The molecular weight excluding hydrogens is 373 g/mol. The summed E-state index contributed by atoms with van der Waals surface area (Å²) in [6, 6.07) is 11.1. The molecule has 1 aliphatic rings. The van der Waals surface area contributed by atoms with Crippen molar-refractivity contribution in [3.05, 3.63) is 59.2 Å². The molecule has 0 fully saturated rings. The number of amides is 1. The fourth-order valence-electron chi connectivity index (χ4n) is 3.16. The maximum absolute atomic E-state index is 13.2. The second kappa shape index (κ2) is 7.53. The first-order valence-corrected chi connectivity index (χ1v) is 8.52. The van der Waals surface area contributed by atoms with Crippen molar-refractivity contribution < 1.29 is 27.4 Å². The molecule has 0 radical (unpaired) electrons. The summed E-state index contributed by atoms with van der Waals surface area (Å²) in [5.41, 5.74) is 2.46. The summed E-state index contributed by atoms with van der Waals surface area (Å²) in [7, 11) is 2.83. The van der Waals surface area contributed by atoms with Gasteiger partial charge in [-0.05, 0) is 18.6 Å². The lowest BCUT2D eigenvalue weighted by atomic mass is 9.97. The number of benzene rings is 2. The minimum atomic E-state index is -5.05. The van der Waals surface area contributed by atoms with Crippen LogP contribution in [-0.4, -0.2) is 37.0 Å². The third-order valence-electron chi connectivity index (χ3n) is 4.54. The molecule has 28 heavy (non-hydrogen) atoms. The SMILES string of the molecule is COc1cccc([C@H]2CC(c3ccc(C)cc3)=NN2C(=O)C(F)(F)F)c1OC. The standard InChI is InChI=1S/C20H19F3N2O3/c1-12-7-9-13(10-8-12)15-11-16(25(24-15)19(26)20(21,22)23)14-5-4-6-17(27-2)18(14)28-3/h4-10,16H,11H2,1-3H3/t16-/m1/s1. The van der Waals surface area contributed by atoms with E-state index in [0.29, 0.717) is 27.6 Å². The number of carbonyl (C=O) groups excluding carboxylic acids is 1. The number of methoxy groups -OCH3 is 2. The smallest absolute Gasteiger partial charge is 0.473 e. The zero-order valence-electron chi connectivity index (χ0n) is 15.6. The van der Waals surface area contributed by atoms with Crippen LogP contribution in [0.25, 0.3) is 0 Å². The molecule has 1 amide bonds. The molecule has 5 nitrogen and oxygen atoms in total. The van der Waals surface area contributed by atoms with Crippen molar-refractivity contribution in [2.45, 2.75) is 25.6 Å². The molecule has 0 aliphatic carbocycles. The van der Waals surface area contributed by atoms with E-state index in [1.807, 2.05) is 19.1 Å². The van der Waals surface area contributed by atoms with Gasteiger partial charge in [0.2, 0.25) is 0 Å². The van der Waals surface area contributed by atoms with Crippen molar-refractivity contribution in [3.8, 4) is 11.5 Å². The van der Waals surface area contributed by atoms with Crippen LogP contribution >= 0.6 is 0 Å². The highest BCUT2D eigenvalue weighted by atomic mass is 19.4. The predicted octanol–water partition coefficient (Wildman–Crippen LogP) is 4.25. The van der Waals surface area contributed by atoms with Gasteiger partial charge in [-0.1, -0.05) is 42.0 Å². The highest BCUT2D eigenvalue weighted by Gasteiger charge is 2.48. The number of hydrazone groups is 1. The quantitative estimate of drug-likeness (QED) is 0.782. The van der Waals surface area contributed by atoms with Gasteiger partial charge in [-0.15, -0.1) is 0 Å². The lowest BCUT2D eigenvalue weighted by Crippen LogP contribution is -2.38. The Labute approximate surface area is 160 Å². The molecule has 0 spiro atoms. The van der Waals surface area contributed by atoms with Crippen molar-refractivity contribution >= 4 is 11.6 Å². The Bertz CT molecular complexity index is 908. The molecule has 0 saturated heterocycles. The third kappa shape index (κ3) is 3.67. The Morgan fingerprint density at radius 1 is 1.11 bits per heavy atom. The molecule has 2 aromatic carbocycles. The molecule has 1 heterocycles. The molecule has 1 atom stereocenters. The van der Waals surface area contributed by atoms with E-state index in [1.54, 1.807) is 30.3 Å². The second-order valence-corrected chi connectivity index (χ2v) is 6.36. The van der Waals surface area contributed by atoms with Gasteiger partial charge in [0.1, 0.15) is 0 Å². The summed E-state index contributed by atoms with van der Waals surface area (Å²) >= 11 is 0. The van der Waals surface area contributed by atoms with Crippen molar-refractivity contribution in [2.24, 2.45) is 5.10 Å². The summed E-state index contributed by atoms with van der Waals surface area (Å²) in [6.45, 7) is 1.91. The number of aryl methyl sites for hydroxylation is 1. The number of hydrogen-bond donors (Lipinski definition) is 0. The van der Waals surface area contributed by atoms with Crippen LogP contribution in [-0.2, 0) is 4.79 Å². The van der Waals surface area contributed by atoms with Gasteiger partial charge in [0.15, 0.2) is 11.5 Å². The first-order chi connectivity index (χ1) is 13.3. The summed E-state index contributed by atoms with van der Waals surface area (Å²) in [5, 5.41) is 4.52. The zero-order chi connectivity index (χ0) is 20.5. The monoisotopic (exact) mass is 392 g/mol. The molecule has 8 heteroatoms. The van der Waals surface area contributed by atoms with Crippen LogP contribution < -0.4 is 9.47 Å². The van der Waals surface area contributed by atoms with Crippen LogP contribution in [0.5, 0.6) is 11.5 Å². The molecule has 148 valence electrons. The predicted molar refractivity (Wildman–Crippen MR) is 97.5 cm³/mol. The Balaban J connectivity index is 2.07. The Hall–Kier alpha value is -3.03. The van der Waals surface area contributed by atoms with Gasteiger partial charge in [0.05, 0.1) is 26.0 Å². The van der Waals surface area contributed by atoms with E-state index in [1.165, 1.54) is 14.2 Å². The molecular formula is C20H19F3N2O3. The fourth-order valence-corrected chi connectivity index (χ4v) is 3.16. The topological polar surface area (TPSA) is 51.1 Å². The van der Waals surface area contributed by atoms with E-state index < -0.39 is 18.1 Å². The summed E-state index contributed by atoms with van der Waals surface area (Å²) in [6.07, 6.45) is -4.93. The number of hydrogen-bond acceptors (Lipinski definition) is 4. The van der Waals surface area contributed by atoms with Crippen LogP contribution in [0.3, 0.4) is 0 Å². The Kier molecular flexibility index (Phi) is 5.31. The maximum atomic E-state index is 13.2. The lowest BCUT2D eigenvalue weighted by Gasteiger charge is -2.25. The van der Waals surface area contributed by atoms with Crippen LogP contribution in [0.1, 0.15) is 29.2 Å². The van der Waals surface area contributed by atoms with E-state index in [0.717, 1.165) is 5.56 Å². The van der Waals surface area contributed by atoms with Crippen molar-refractivity contribution in [1.29, 1.82) is 0 Å². The second-order valence-electron chi connectivity index (χ2n) is 6.36. The van der Waals surface area contributed by atoms with Crippen molar-refractivity contribution in [1.82, 2.24) is 5.01 Å². The molecule has 3 rings (SSSR count). The first kappa shape index (κ1) is 19.7. The minimum absolute atomic E-state index is 0.119. The van der Waals surface area contributed by atoms with Gasteiger partial charge in [-0.25, -0.2) is 5.01 Å². The number of halogens is 3. The molecule has 0 N–H and O–H groups in total. The number of para-hydroxylation sites is 1. The Morgan fingerprint density at radius 2 is 1.79 bits per heavy atom. The normalized spacial score (nSPS) is 16.7. The molecule has 0 aromatic heterocycles. The van der Waals surface area contributed by atoms with Crippen LogP contribution in [0.2, 0.25) is 0 Å². The highest BCUT2D eigenvalue weighted by Crippen LogP contribution is 2.42. The maximum Gasteiger partial charge on any atom is 0.473 e. The van der Waals surface area contributed by atoms with Crippen LogP contribution in [0, 0.1) is 6.92 Å². The molecule has 1 aliphatic heterocycles. The highest BCUT2D eigenvalue weighted by molar-refractivity contribution is 6.03. The average Bonchev–Trinajstić information content (AvgIpc) is 3.11. The Morgan fingerprint density at radius 3 is 2.36 bits per heavy atom. The van der Waals surface area contributed by atoms with Gasteiger partial charge in [0.25, 0.3) is 0 Å². The molecule has 2 aromatic rings. The fraction of sp³-hybridized carbons (Fsp3) is 0.300. The summed E-state index contributed by atoms with van der Waals surface area (Å²) in [4.78, 5) is 12.1. The number of ether oxygens (including phenoxy) is 2. The van der Waals surface area contributed by atoms with Gasteiger partial charge in [-0.3, -0.25) is 4.79 Å². The number of rotatable bonds is 4. The number of alkyl halides is 3. The molecule has 0 saturated carbocycles. The van der Waals surface area contributed by atoms with Gasteiger partial charge < -0.3 is 9.47 Å². The van der Waals surface area contributed by atoms with E-state index in [-0.39, 0.29) is 12.2 Å². The number of carbonyl (C=O) groups is 1. The van der Waals surface area contributed by atoms with Crippen LogP contribution in [0.4, 0.5) is 13.2 Å².